The van der Waals surface area contributed by atoms with Crippen LogP contribution in [0.25, 0.3) is 6.08 Å². The minimum Gasteiger partial charge on any atom is -0.493 e. The second-order valence-electron chi connectivity index (χ2n) is 7.68. The Labute approximate surface area is 213 Å². The minimum atomic E-state index is -0.560. The Morgan fingerprint density at radius 1 is 1.03 bits per heavy atom. The molecule has 0 spiro atoms. The fraction of sp³-hybridized carbons (Fsp3) is 0.148. The molecule has 0 saturated carbocycles. The Morgan fingerprint density at radius 2 is 1.74 bits per heavy atom. The summed E-state index contributed by atoms with van der Waals surface area (Å²) in [5, 5.41) is 6.78. The normalized spacial score (nSPS) is 11.3. The number of anilines is 1. The molecule has 180 valence electrons. The second kappa shape index (κ2) is 12.5. The van der Waals surface area contributed by atoms with Gasteiger partial charge in [0.15, 0.2) is 0 Å². The van der Waals surface area contributed by atoms with Crippen molar-refractivity contribution in [2.24, 2.45) is 5.10 Å². The summed E-state index contributed by atoms with van der Waals surface area (Å²) in [4.78, 5) is 27.7. The zero-order valence-electron chi connectivity index (χ0n) is 19.8. The summed E-state index contributed by atoms with van der Waals surface area (Å²) in [6, 6.07) is 21.8. The number of nitrogens with zero attached hydrogens (tertiary/aromatic N) is 2. The van der Waals surface area contributed by atoms with Crippen LogP contribution in [0.3, 0.4) is 0 Å². The number of nitrogens with one attached hydrogen (secondary N) is 2. The monoisotopic (exact) mass is 534 g/mol. The smallest absolute Gasteiger partial charge is 0.287 e. The Kier molecular flexibility index (Phi) is 9.20. The molecule has 0 aliphatic carbocycles. The predicted molar refractivity (Wildman–Crippen MR) is 144 cm³/mol. The zero-order chi connectivity index (χ0) is 25.2. The maximum atomic E-state index is 13.0. The lowest BCUT2D eigenvalue weighted by Gasteiger charge is -2.13. The SMILES string of the molecule is CCOc1ccc(Br)cc1/C=N/NC(=O)/C(=C/c1ccc(N(C)C)cc1)NC(=O)c1ccccc1. The molecule has 0 bridgehead atoms. The van der Waals surface area contributed by atoms with E-state index >= 15 is 0 Å². The molecule has 2 amide bonds. The van der Waals surface area contributed by atoms with Gasteiger partial charge in [0, 0.05) is 35.4 Å². The molecule has 0 aromatic heterocycles. The molecule has 0 radical (unpaired) electrons. The molecule has 3 aromatic rings. The molecule has 0 unspecified atom stereocenters. The van der Waals surface area contributed by atoms with Gasteiger partial charge in [-0.05, 0) is 61.0 Å². The molecule has 0 atom stereocenters. The molecule has 0 aliphatic heterocycles. The summed E-state index contributed by atoms with van der Waals surface area (Å²) in [5.74, 6) is -0.315. The first-order valence-corrected chi connectivity index (χ1v) is 11.8. The van der Waals surface area contributed by atoms with E-state index in [9.17, 15) is 9.59 Å². The highest BCUT2D eigenvalue weighted by Crippen LogP contribution is 2.21. The molecule has 35 heavy (non-hydrogen) atoms. The maximum Gasteiger partial charge on any atom is 0.287 e. The Morgan fingerprint density at radius 3 is 2.40 bits per heavy atom. The van der Waals surface area contributed by atoms with Gasteiger partial charge < -0.3 is 15.0 Å². The molecule has 0 saturated heterocycles. The van der Waals surface area contributed by atoms with Gasteiger partial charge in [-0.3, -0.25) is 9.59 Å². The largest absolute Gasteiger partial charge is 0.493 e. The Balaban J connectivity index is 1.84. The van der Waals surface area contributed by atoms with Crippen LogP contribution in [0.15, 0.2) is 88.1 Å². The molecule has 8 heteroatoms. The maximum absolute atomic E-state index is 13.0. The summed E-state index contributed by atoms with van der Waals surface area (Å²) in [7, 11) is 3.90. The van der Waals surface area contributed by atoms with Crippen LogP contribution in [-0.2, 0) is 4.79 Å². The number of ether oxygens (including phenoxy) is 1. The molecular formula is C27H27BrN4O3. The lowest BCUT2D eigenvalue weighted by molar-refractivity contribution is -0.117. The molecule has 0 fully saturated rings. The van der Waals surface area contributed by atoms with Gasteiger partial charge >= 0.3 is 0 Å². The summed E-state index contributed by atoms with van der Waals surface area (Å²) < 4.78 is 6.46. The van der Waals surface area contributed by atoms with Crippen molar-refractivity contribution < 1.29 is 14.3 Å². The van der Waals surface area contributed by atoms with E-state index in [4.69, 9.17) is 4.74 Å². The first-order chi connectivity index (χ1) is 16.9. The van der Waals surface area contributed by atoms with Crippen LogP contribution in [0.1, 0.15) is 28.4 Å². The number of carbonyl (C=O) groups excluding carboxylic acids is 2. The molecule has 3 aromatic carbocycles. The number of rotatable bonds is 9. The number of halogens is 1. The van der Waals surface area contributed by atoms with Gasteiger partial charge in [-0.15, -0.1) is 0 Å². The van der Waals surface area contributed by atoms with E-state index in [1.54, 1.807) is 30.3 Å². The van der Waals surface area contributed by atoms with Crippen molar-refractivity contribution in [2.75, 3.05) is 25.6 Å². The average molecular weight is 535 g/mol. The van der Waals surface area contributed by atoms with Gasteiger partial charge in [-0.2, -0.15) is 5.10 Å². The number of carbonyl (C=O) groups is 2. The van der Waals surface area contributed by atoms with Crippen molar-refractivity contribution in [3.8, 4) is 5.75 Å². The van der Waals surface area contributed by atoms with Crippen LogP contribution >= 0.6 is 15.9 Å². The van der Waals surface area contributed by atoms with Crippen LogP contribution in [0.2, 0.25) is 0 Å². The van der Waals surface area contributed by atoms with Crippen LogP contribution in [0.5, 0.6) is 5.75 Å². The van der Waals surface area contributed by atoms with Gasteiger partial charge in [0.2, 0.25) is 0 Å². The van der Waals surface area contributed by atoms with Crippen LogP contribution < -0.4 is 20.4 Å². The number of hydrazone groups is 1. The number of hydrogen-bond acceptors (Lipinski definition) is 5. The summed E-state index contributed by atoms with van der Waals surface area (Å²) in [6.45, 7) is 2.39. The van der Waals surface area contributed by atoms with E-state index in [1.165, 1.54) is 6.21 Å². The average Bonchev–Trinajstić information content (AvgIpc) is 2.86. The van der Waals surface area contributed by atoms with Crippen LogP contribution in [0.4, 0.5) is 5.69 Å². The van der Waals surface area contributed by atoms with Gasteiger partial charge in [0.25, 0.3) is 11.8 Å². The summed E-state index contributed by atoms with van der Waals surface area (Å²) in [6.07, 6.45) is 3.10. The topological polar surface area (TPSA) is 83.0 Å². The lowest BCUT2D eigenvalue weighted by Crippen LogP contribution is -2.32. The van der Waals surface area contributed by atoms with Crippen LogP contribution in [-0.4, -0.2) is 38.7 Å². The Hall–Kier alpha value is -3.91. The highest BCUT2D eigenvalue weighted by molar-refractivity contribution is 9.10. The van der Waals surface area contributed by atoms with Gasteiger partial charge in [-0.1, -0.05) is 46.3 Å². The number of benzene rings is 3. The molecular weight excluding hydrogens is 508 g/mol. The van der Waals surface area contributed by atoms with Crippen LogP contribution in [0, 0.1) is 0 Å². The molecule has 0 aliphatic rings. The summed E-state index contributed by atoms with van der Waals surface area (Å²) >= 11 is 3.43. The lowest BCUT2D eigenvalue weighted by atomic mass is 10.1. The standard InChI is InChI=1S/C27H27BrN4O3/c1-4-35-25-15-12-22(28)17-21(25)18-29-31-27(34)24(30-26(33)20-8-6-5-7-9-20)16-19-10-13-23(14-11-19)32(2)3/h5-18H,4H2,1-3H3,(H,30,33)(H,31,34)/b24-16-,29-18+. The van der Waals surface area contributed by atoms with Gasteiger partial charge in [0.1, 0.15) is 11.4 Å². The van der Waals surface area contributed by atoms with Gasteiger partial charge in [0.05, 0.1) is 12.8 Å². The number of hydrogen-bond donors (Lipinski definition) is 2. The van der Waals surface area contributed by atoms with Crippen molar-refractivity contribution in [3.05, 3.63) is 99.7 Å². The first-order valence-electron chi connectivity index (χ1n) is 11.0. The third-order valence-electron chi connectivity index (χ3n) is 4.89. The fourth-order valence-corrected chi connectivity index (χ4v) is 3.48. The second-order valence-corrected chi connectivity index (χ2v) is 8.59. The van der Waals surface area contributed by atoms with E-state index in [0.29, 0.717) is 23.5 Å². The van der Waals surface area contributed by atoms with Crippen molar-refractivity contribution in [2.45, 2.75) is 6.92 Å². The van der Waals surface area contributed by atoms with Gasteiger partial charge in [-0.25, -0.2) is 5.43 Å². The number of amides is 2. The molecule has 7 nitrogen and oxygen atoms in total. The summed E-state index contributed by atoms with van der Waals surface area (Å²) in [5.41, 5.74) is 5.46. The highest BCUT2D eigenvalue weighted by atomic mass is 79.9. The first kappa shape index (κ1) is 25.7. The van der Waals surface area contributed by atoms with Crippen molar-refractivity contribution >= 4 is 45.7 Å². The van der Waals surface area contributed by atoms with Crippen molar-refractivity contribution in [1.29, 1.82) is 0 Å². The van der Waals surface area contributed by atoms with E-state index in [2.05, 4.69) is 31.8 Å². The third-order valence-corrected chi connectivity index (χ3v) is 5.38. The van der Waals surface area contributed by atoms with E-state index in [0.717, 1.165) is 15.7 Å². The van der Waals surface area contributed by atoms with E-state index < -0.39 is 11.8 Å². The van der Waals surface area contributed by atoms with Crippen molar-refractivity contribution in [1.82, 2.24) is 10.7 Å². The zero-order valence-corrected chi connectivity index (χ0v) is 21.4. The highest BCUT2D eigenvalue weighted by Gasteiger charge is 2.14. The van der Waals surface area contributed by atoms with Crippen molar-refractivity contribution in [3.63, 3.8) is 0 Å². The minimum absolute atomic E-state index is 0.0629. The van der Waals surface area contributed by atoms with E-state index in [1.807, 2.05) is 74.4 Å². The molecule has 2 N–H and O–H groups in total. The Bertz CT molecular complexity index is 1220. The molecule has 3 rings (SSSR count). The quantitative estimate of drug-likeness (QED) is 0.234. The fourth-order valence-electron chi connectivity index (χ4n) is 3.11. The van der Waals surface area contributed by atoms with E-state index in [-0.39, 0.29) is 5.70 Å². The predicted octanol–water partition coefficient (Wildman–Crippen LogP) is 4.84. The molecule has 0 heterocycles. The third kappa shape index (κ3) is 7.55.